The van der Waals surface area contributed by atoms with Crippen LogP contribution in [0.15, 0.2) is 18.8 Å². The SMILES string of the molecule is C=C(C)c1ncc(Cl)cc1OCC#N. The Labute approximate surface area is 87.6 Å². The van der Waals surface area contributed by atoms with Gasteiger partial charge in [0, 0.05) is 12.3 Å². The van der Waals surface area contributed by atoms with E-state index in [4.69, 9.17) is 21.6 Å². The van der Waals surface area contributed by atoms with Gasteiger partial charge >= 0.3 is 0 Å². The van der Waals surface area contributed by atoms with E-state index in [-0.39, 0.29) is 6.61 Å². The van der Waals surface area contributed by atoms with Crippen LogP contribution in [0.3, 0.4) is 0 Å². The Kier molecular flexibility index (Phi) is 3.49. The molecule has 0 fully saturated rings. The van der Waals surface area contributed by atoms with Gasteiger partial charge in [-0.2, -0.15) is 5.26 Å². The van der Waals surface area contributed by atoms with Crippen LogP contribution in [0.25, 0.3) is 5.57 Å². The van der Waals surface area contributed by atoms with Gasteiger partial charge in [0.05, 0.1) is 5.02 Å². The minimum absolute atomic E-state index is 0.0255. The number of nitriles is 1. The summed E-state index contributed by atoms with van der Waals surface area (Å²) in [5.41, 5.74) is 1.40. The van der Waals surface area contributed by atoms with Crippen LogP contribution >= 0.6 is 11.6 Å². The minimum atomic E-state index is -0.0255. The molecule has 0 saturated carbocycles. The summed E-state index contributed by atoms with van der Waals surface area (Å²) in [7, 11) is 0. The molecule has 72 valence electrons. The topological polar surface area (TPSA) is 45.9 Å². The van der Waals surface area contributed by atoms with Crippen molar-refractivity contribution in [2.45, 2.75) is 6.92 Å². The molecule has 0 unspecified atom stereocenters. The zero-order chi connectivity index (χ0) is 10.6. The molecule has 1 aromatic heterocycles. The second-order valence-corrected chi connectivity index (χ2v) is 3.16. The summed E-state index contributed by atoms with van der Waals surface area (Å²) in [6, 6.07) is 3.50. The molecule has 0 N–H and O–H groups in total. The number of hydrogen-bond acceptors (Lipinski definition) is 3. The molecule has 0 aliphatic rings. The van der Waals surface area contributed by atoms with Gasteiger partial charge < -0.3 is 4.74 Å². The highest BCUT2D eigenvalue weighted by atomic mass is 35.5. The Hall–Kier alpha value is -1.53. The van der Waals surface area contributed by atoms with E-state index in [9.17, 15) is 0 Å². The Morgan fingerprint density at radius 1 is 1.79 bits per heavy atom. The maximum absolute atomic E-state index is 8.38. The second kappa shape index (κ2) is 4.64. The zero-order valence-corrected chi connectivity index (χ0v) is 8.51. The maximum Gasteiger partial charge on any atom is 0.174 e. The van der Waals surface area contributed by atoms with Gasteiger partial charge in [-0.05, 0) is 12.5 Å². The first-order valence-electron chi connectivity index (χ1n) is 3.96. The normalized spacial score (nSPS) is 9.21. The number of pyridine rings is 1. The zero-order valence-electron chi connectivity index (χ0n) is 7.75. The molecule has 1 aromatic rings. The molecule has 3 nitrogen and oxygen atoms in total. The Morgan fingerprint density at radius 2 is 2.50 bits per heavy atom. The number of allylic oxidation sites excluding steroid dienone is 1. The van der Waals surface area contributed by atoms with E-state index in [1.54, 1.807) is 6.07 Å². The smallest absolute Gasteiger partial charge is 0.174 e. The summed E-state index contributed by atoms with van der Waals surface area (Å²) in [6.45, 7) is 5.54. The highest BCUT2D eigenvalue weighted by Crippen LogP contribution is 2.25. The summed E-state index contributed by atoms with van der Waals surface area (Å²) in [5.74, 6) is 0.492. The summed E-state index contributed by atoms with van der Waals surface area (Å²) < 4.78 is 5.16. The lowest BCUT2D eigenvalue weighted by atomic mass is 10.2. The van der Waals surface area contributed by atoms with Gasteiger partial charge in [0.15, 0.2) is 6.61 Å². The van der Waals surface area contributed by atoms with Crippen LogP contribution in [0.4, 0.5) is 0 Å². The van der Waals surface area contributed by atoms with E-state index in [0.717, 1.165) is 5.57 Å². The van der Waals surface area contributed by atoms with Crippen molar-refractivity contribution in [1.29, 1.82) is 5.26 Å². The van der Waals surface area contributed by atoms with Gasteiger partial charge in [-0.1, -0.05) is 18.2 Å². The summed E-state index contributed by atoms with van der Waals surface area (Å²) in [4.78, 5) is 4.06. The molecule has 0 aliphatic heterocycles. The number of ether oxygens (including phenoxy) is 1. The monoisotopic (exact) mass is 208 g/mol. The third kappa shape index (κ3) is 2.48. The highest BCUT2D eigenvalue weighted by molar-refractivity contribution is 6.30. The van der Waals surface area contributed by atoms with Gasteiger partial charge in [-0.15, -0.1) is 0 Å². The Morgan fingerprint density at radius 3 is 3.07 bits per heavy atom. The summed E-state index contributed by atoms with van der Waals surface area (Å²) in [5, 5.41) is 8.85. The van der Waals surface area contributed by atoms with Gasteiger partial charge in [-0.3, -0.25) is 4.98 Å². The van der Waals surface area contributed by atoms with Gasteiger partial charge in [-0.25, -0.2) is 0 Å². The number of nitrogens with zero attached hydrogens (tertiary/aromatic N) is 2. The fourth-order valence-electron chi connectivity index (χ4n) is 0.961. The van der Waals surface area contributed by atoms with Crippen LogP contribution in [-0.2, 0) is 0 Å². The average molecular weight is 209 g/mol. The van der Waals surface area contributed by atoms with Crippen LogP contribution < -0.4 is 4.74 Å². The summed E-state index contributed by atoms with van der Waals surface area (Å²) >= 11 is 5.75. The van der Waals surface area contributed by atoms with Crippen LogP contribution in [0.5, 0.6) is 5.75 Å². The lowest BCUT2D eigenvalue weighted by molar-refractivity contribution is 0.365. The lowest BCUT2D eigenvalue weighted by Gasteiger charge is -2.07. The molecule has 0 saturated heterocycles. The maximum atomic E-state index is 8.38. The fourth-order valence-corrected chi connectivity index (χ4v) is 1.11. The Balaban J connectivity index is 3.04. The van der Waals surface area contributed by atoms with Crippen LogP contribution in [0, 0.1) is 11.3 Å². The van der Waals surface area contributed by atoms with Crippen LogP contribution in [0.2, 0.25) is 5.02 Å². The predicted octanol–water partition coefficient (Wildman–Crippen LogP) is 2.67. The highest BCUT2D eigenvalue weighted by Gasteiger charge is 2.06. The molecule has 0 radical (unpaired) electrons. The molecule has 14 heavy (non-hydrogen) atoms. The number of aromatic nitrogens is 1. The first kappa shape index (κ1) is 10.6. The van der Waals surface area contributed by atoms with Crippen molar-refractivity contribution in [3.63, 3.8) is 0 Å². The molecule has 0 aliphatic carbocycles. The van der Waals surface area contributed by atoms with Gasteiger partial charge in [0.2, 0.25) is 0 Å². The predicted molar refractivity (Wildman–Crippen MR) is 55.1 cm³/mol. The van der Waals surface area contributed by atoms with Crippen molar-refractivity contribution in [2.75, 3.05) is 6.61 Å². The molecule has 0 bridgehead atoms. The first-order chi connectivity index (χ1) is 6.65. The molecule has 1 rings (SSSR count). The van der Waals surface area contributed by atoms with E-state index >= 15 is 0 Å². The molecular weight excluding hydrogens is 200 g/mol. The number of hydrogen-bond donors (Lipinski definition) is 0. The molecule has 0 spiro atoms. The lowest BCUT2D eigenvalue weighted by Crippen LogP contribution is -1.98. The average Bonchev–Trinajstić information content (AvgIpc) is 2.14. The van der Waals surface area contributed by atoms with Gasteiger partial charge in [0.1, 0.15) is 17.5 Å². The van der Waals surface area contributed by atoms with Crippen molar-refractivity contribution in [2.24, 2.45) is 0 Å². The number of halogens is 1. The molecular formula is C10H9ClN2O. The third-order valence-electron chi connectivity index (χ3n) is 1.52. The van der Waals surface area contributed by atoms with E-state index in [2.05, 4.69) is 11.6 Å². The van der Waals surface area contributed by atoms with E-state index < -0.39 is 0 Å². The van der Waals surface area contributed by atoms with Gasteiger partial charge in [0.25, 0.3) is 0 Å². The standard InChI is InChI=1S/C10H9ClN2O/c1-7(2)10-9(14-4-3-12)5-8(11)6-13-10/h5-6H,1,4H2,2H3. The molecule has 0 atom stereocenters. The Bertz CT molecular complexity index is 396. The fraction of sp³-hybridized carbons (Fsp3) is 0.200. The van der Waals surface area contributed by atoms with E-state index in [1.165, 1.54) is 6.20 Å². The van der Waals surface area contributed by atoms with Crippen molar-refractivity contribution in [3.05, 3.63) is 29.6 Å². The van der Waals surface area contributed by atoms with Crippen molar-refractivity contribution >= 4 is 17.2 Å². The molecule has 0 aromatic carbocycles. The minimum Gasteiger partial charge on any atom is -0.476 e. The molecule has 4 heteroatoms. The first-order valence-corrected chi connectivity index (χ1v) is 4.34. The molecule has 1 heterocycles. The quantitative estimate of drug-likeness (QED) is 0.767. The second-order valence-electron chi connectivity index (χ2n) is 2.73. The van der Waals surface area contributed by atoms with Crippen LogP contribution in [0.1, 0.15) is 12.6 Å². The summed E-state index contributed by atoms with van der Waals surface area (Å²) in [6.07, 6.45) is 1.52. The number of rotatable bonds is 3. The van der Waals surface area contributed by atoms with E-state index in [1.807, 2.05) is 13.0 Å². The van der Waals surface area contributed by atoms with Crippen LogP contribution in [-0.4, -0.2) is 11.6 Å². The largest absolute Gasteiger partial charge is 0.476 e. The molecule has 0 amide bonds. The van der Waals surface area contributed by atoms with Crippen molar-refractivity contribution < 1.29 is 4.74 Å². The van der Waals surface area contributed by atoms with Crippen molar-refractivity contribution in [1.82, 2.24) is 4.98 Å². The van der Waals surface area contributed by atoms with Crippen molar-refractivity contribution in [3.8, 4) is 11.8 Å². The van der Waals surface area contributed by atoms with E-state index in [0.29, 0.717) is 16.5 Å². The third-order valence-corrected chi connectivity index (χ3v) is 1.72.